The maximum Gasteiger partial charge on any atom is 0.261 e. The molecule has 0 unspecified atom stereocenters. The number of nitrogens with zero attached hydrogens (tertiary/aromatic N) is 2. The van der Waals surface area contributed by atoms with E-state index in [0.29, 0.717) is 23.1 Å². The molecule has 9 heteroatoms. The Kier molecular flexibility index (Phi) is 5.99. The van der Waals surface area contributed by atoms with Gasteiger partial charge in [0, 0.05) is 24.3 Å². The van der Waals surface area contributed by atoms with Crippen LogP contribution in [-0.4, -0.2) is 21.4 Å². The molecule has 1 aliphatic rings. The summed E-state index contributed by atoms with van der Waals surface area (Å²) in [6, 6.07) is 8.67. The number of benzene rings is 2. The highest BCUT2D eigenvalue weighted by Crippen LogP contribution is 2.20. The van der Waals surface area contributed by atoms with E-state index >= 15 is 0 Å². The molecule has 2 heterocycles. The van der Waals surface area contributed by atoms with Gasteiger partial charge in [0.15, 0.2) is 0 Å². The predicted octanol–water partition coefficient (Wildman–Crippen LogP) is 3.88. The molecule has 0 saturated carbocycles. The zero-order chi connectivity index (χ0) is 22.0. The van der Waals surface area contributed by atoms with E-state index in [1.807, 2.05) is 0 Å². The molecule has 2 amide bonds. The molecule has 0 saturated heterocycles. The summed E-state index contributed by atoms with van der Waals surface area (Å²) in [6.45, 7) is 0.640. The van der Waals surface area contributed by atoms with Crippen LogP contribution in [0.15, 0.2) is 41.2 Å². The first kappa shape index (κ1) is 21.0. The first-order valence-electron chi connectivity index (χ1n) is 9.99. The van der Waals surface area contributed by atoms with Crippen molar-refractivity contribution in [1.82, 2.24) is 9.55 Å². The highest BCUT2D eigenvalue weighted by atomic mass is 35.5. The second-order valence-corrected chi connectivity index (χ2v) is 7.84. The lowest BCUT2D eigenvalue weighted by atomic mass is 10.2. The van der Waals surface area contributed by atoms with E-state index in [4.69, 9.17) is 11.6 Å². The summed E-state index contributed by atoms with van der Waals surface area (Å²) in [4.78, 5) is 41.9. The van der Waals surface area contributed by atoms with Gasteiger partial charge < -0.3 is 10.6 Å². The molecule has 0 fully saturated rings. The Morgan fingerprint density at radius 3 is 2.48 bits per heavy atom. The molecule has 0 spiro atoms. The Balaban J connectivity index is 1.47. The molecule has 1 aliphatic heterocycles. The van der Waals surface area contributed by atoms with E-state index < -0.39 is 24.1 Å². The number of aryl methyl sites for hydroxylation is 1. The van der Waals surface area contributed by atoms with E-state index in [0.717, 1.165) is 37.6 Å². The van der Waals surface area contributed by atoms with Gasteiger partial charge in [0.1, 0.15) is 18.1 Å². The molecule has 3 aromatic rings. The number of halogens is 2. The fourth-order valence-corrected chi connectivity index (χ4v) is 3.81. The number of carbonyl (C=O) groups excluding carboxylic acids is 2. The first-order chi connectivity index (χ1) is 14.9. The monoisotopic (exact) mass is 442 g/mol. The molecular formula is C22H20ClFN4O3. The van der Waals surface area contributed by atoms with Gasteiger partial charge in [-0.3, -0.25) is 19.0 Å². The lowest BCUT2D eigenvalue weighted by Gasteiger charge is -2.11. The van der Waals surface area contributed by atoms with Crippen molar-refractivity contribution in [2.45, 2.75) is 38.6 Å². The van der Waals surface area contributed by atoms with E-state index in [-0.39, 0.29) is 16.3 Å². The Labute approximate surface area is 182 Å². The molecule has 0 aliphatic carbocycles. The normalized spacial score (nSPS) is 13.4. The lowest BCUT2D eigenvalue weighted by Crippen LogP contribution is -2.25. The molecule has 2 aromatic carbocycles. The Morgan fingerprint density at radius 1 is 1.03 bits per heavy atom. The first-order valence-corrected chi connectivity index (χ1v) is 10.4. The zero-order valence-electron chi connectivity index (χ0n) is 16.6. The van der Waals surface area contributed by atoms with Gasteiger partial charge in [-0.1, -0.05) is 18.0 Å². The largest absolute Gasteiger partial charge is 0.326 e. The molecule has 160 valence electrons. The average Bonchev–Trinajstić information content (AvgIpc) is 2.97. The van der Waals surface area contributed by atoms with E-state index in [2.05, 4.69) is 15.6 Å². The third-order valence-corrected chi connectivity index (χ3v) is 5.41. The number of carbonyl (C=O) groups is 2. The number of hydrogen-bond donors (Lipinski definition) is 2. The average molecular weight is 443 g/mol. The number of fused-ring (bicyclic) bond motifs is 2. The van der Waals surface area contributed by atoms with Crippen LogP contribution in [-0.2, 0) is 22.6 Å². The fourth-order valence-electron chi connectivity index (χ4n) is 3.63. The van der Waals surface area contributed by atoms with Crippen LogP contribution in [0.2, 0.25) is 5.02 Å². The van der Waals surface area contributed by atoms with Crippen LogP contribution in [0.4, 0.5) is 15.8 Å². The minimum Gasteiger partial charge on any atom is -0.326 e. The zero-order valence-corrected chi connectivity index (χ0v) is 17.3. The summed E-state index contributed by atoms with van der Waals surface area (Å²) >= 11 is 5.69. The molecule has 2 N–H and O–H groups in total. The van der Waals surface area contributed by atoms with Crippen molar-refractivity contribution in [3.8, 4) is 0 Å². The van der Waals surface area contributed by atoms with Crippen LogP contribution in [0.1, 0.15) is 31.5 Å². The minimum absolute atomic E-state index is 0.121. The van der Waals surface area contributed by atoms with E-state index in [1.54, 1.807) is 22.8 Å². The van der Waals surface area contributed by atoms with Gasteiger partial charge in [0.05, 0.1) is 15.9 Å². The summed E-state index contributed by atoms with van der Waals surface area (Å²) < 4.78 is 14.9. The lowest BCUT2D eigenvalue weighted by molar-refractivity contribution is -0.123. The molecule has 4 rings (SSSR count). The Bertz CT molecular complexity index is 1240. The van der Waals surface area contributed by atoms with Crippen molar-refractivity contribution in [2.24, 2.45) is 0 Å². The maximum atomic E-state index is 13.2. The van der Waals surface area contributed by atoms with Crippen LogP contribution in [0.3, 0.4) is 0 Å². The minimum atomic E-state index is -0.601. The number of rotatable bonds is 4. The van der Waals surface area contributed by atoms with Gasteiger partial charge in [-0.2, -0.15) is 0 Å². The predicted molar refractivity (Wildman–Crippen MR) is 117 cm³/mol. The summed E-state index contributed by atoms with van der Waals surface area (Å²) in [6.07, 6.45) is 3.34. The summed E-state index contributed by atoms with van der Waals surface area (Å²) in [5, 5.41) is 5.42. The van der Waals surface area contributed by atoms with Crippen LogP contribution in [0.5, 0.6) is 0 Å². The van der Waals surface area contributed by atoms with Crippen molar-refractivity contribution in [3.05, 3.63) is 63.4 Å². The van der Waals surface area contributed by atoms with E-state index in [1.165, 1.54) is 12.1 Å². The van der Waals surface area contributed by atoms with Gasteiger partial charge >= 0.3 is 0 Å². The van der Waals surface area contributed by atoms with Gasteiger partial charge in [-0.25, -0.2) is 9.37 Å². The second-order valence-electron chi connectivity index (χ2n) is 7.43. The van der Waals surface area contributed by atoms with Gasteiger partial charge in [-0.05, 0) is 49.2 Å². The molecule has 0 bridgehead atoms. The van der Waals surface area contributed by atoms with Gasteiger partial charge in [0.2, 0.25) is 11.8 Å². The topological polar surface area (TPSA) is 93.1 Å². The SMILES string of the molecule is O=C(CC(=O)Nc1ccc2nc3n(c(=O)c2c1)CCCCC3)Nc1ccc(F)c(Cl)c1. The standard InChI is InChI=1S/C22H20ClFN4O3/c23-16-11-14(5-7-17(16)24)26-21(30)12-20(29)25-13-6-8-18-15(10-13)22(31)28-9-3-1-2-4-19(28)27-18/h5-8,10-11H,1-4,9,12H2,(H,25,29)(H,26,30). The number of hydrogen-bond acceptors (Lipinski definition) is 4. The Morgan fingerprint density at radius 2 is 1.74 bits per heavy atom. The van der Waals surface area contributed by atoms with Gasteiger partial charge in [-0.15, -0.1) is 0 Å². The molecule has 1 aromatic heterocycles. The van der Waals surface area contributed by atoms with Crippen molar-refractivity contribution in [3.63, 3.8) is 0 Å². The number of anilines is 2. The number of nitrogens with one attached hydrogen (secondary N) is 2. The van der Waals surface area contributed by atoms with Crippen LogP contribution in [0.25, 0.3) is 10.9 Å². The smallest absolute Gasteiger partial charge is 0.261 e. The number of amides is 2. The second kappa shape index (κ2) is 8.85. The maximum absolute atomic E-state index is 13.2. The van der Waals surface area contributed by atoms with Crippen LogP contribution >= 0.6 is 11.6 Å². The van der Waals surface area contributed by atoms with Crippen LogP contribution < -0.4 is 16.2 Å². The summed E-state index contributed by atoms with van der Waals surface area (Å²) in [7, 11) is 0. The highest BCUT2D eigenvalue weighted by molar-refractivity contribution is 6.31. The van der Waals surface area contributed by atoms with Crippen molar-refractivity contribution in [1.29, 1.82) is 0 Å². The highest BCUT2D eigenvalue weighted by Gasteiger charge is 2.15. The van der Waals surface area contributed by atoms with Crippen molar-refractivity contribution < 1.29 is 14.0 Å². The molecular weight excluding hydrogens is 423 g/mol. The third kappa shape index (κ3) is 4.74. The molecule has 0 atom stereocenters. The number of aromatic nitrogens is 2. The molecule has 7 nitrogen and oxygen atoms in total. The fraction of sp³-hybridized carbons (Fsp3) is 0.273. The summed E-state index contributed by atoms with van der Waals surface area (Å²) in [5.74, 6) is -0.929. The van der Waals surface area contributed by atoms with Crippen molar-refractivity contribution >= 4 is 45.7 Å². The van der Waals surface area contributed by atoms with Gasteiger partial charge in [0.25, 0.3) is 5.56 Å². The summed E-state index contributed by atoms with van der Waals surface area (Å²) in [5.41, 5.74) is 1.16. The molecule has 0 radical (unpaired) electrons. The van der Waals surface area contributed by atoms with Crippen LogP contribution in [0, 0.1) is 5.82 Å². The van der Waals surface area contributed by atoms with Crippen molar-refractivity contribution in [2.75, 3.05) is 10.6 Å². The molecule has 31 heavy (non-hydrogen) atoms. The van der Waals surface area contributed by atoms with E-state index in [9.17, 15) is 18.8 Å². The Hall–Kier alpha value is -3.26. The third-order valence-electron chi connectivity index (χ3n) is 5.12. The quantitative estimate of drug-likeness (QED) is 0.599.